The molecule has 0 spiro atoms. The van der Waals surface area contributed by atoms with Gasteiger partial charge in [0.05, 0.1) is 0 Å². The van der Waals surface area contributed by atoms with Crippen molar-refractivity contribution in [2.24, 2.45) is 11.8 Å². The lowest BCUT2D eigenvalue weighted by Gasteiger charge is -2.24. The summed E-state index contributed by atoms with van der Waals surface area (Å²) in [6.07, 6.45) is 2.47. The van der Waals surface area contributed by atoms with Gasteiger partial charge < -0.3 is 5.73 Å². The number of nitrogens with zero attached hydrogens (tertiary/aromatic N) is 1. The zero-order valence-electron chi connectivity index (χ0n) is 10.8. The third-order valence-corrected chi connectivity index (χ3v) is 4.67. The van der Waals surface area contributed by atoms with E-state index in [2.05, 4.69) is 36.9 Å². The van der Waals surface area contributed by atoms with Crippen LogP contribution in [-0.4, -0.2) is 18.0 Å². The number of hydrogen-bond acceptors (Lipinski definition) is 2. The van der Waals surface area contributed by atoms with Gasteiger partial charge in [-0.25, -0.2) is 0 Å². The summed E-state index contributed by atoms with van der Waals surface area (Å²) in [6.45, 7) is 7.28. The Kier molecular flexibility index (Phi) is 2.62. The van der Waals surface area contributed by atoms with E-state index in [-0.39, 0.29) is 0 Å². The van der Waals surface area contributed by atoms with Crippen molar-refractivity contribution in [2.75, 3.05) is 18.8 Å². The van der Waals surface area contributed by atoms with E-state index >= 15 is 0 Å². The molecule has 1 aromatic rings. The van der Waals surface area contributed by atoms with Gasteiger partial charge in [0, 0.05) is 24.8 Å². The number of likely N-dealkylation sites (tertiary alicyclic amines) is 1. The van der Waals surface area contributed by atoms with Gasteiger partial charge in [0.2, 0.25) is 0 Å². The molecular weight excluding hydrogens is 208 g/mol. The Morgan fingerprint density at radius 2 is 1.88 bits per heavy atom. The summed E-state index contributed by atoms with van der Waals surface area (Å²) in [5, 5.41) is 0. The van der Waals surface area contributed by atoms with E-state index in [1.54, 1.807) is 0 Å². The molecule has 3 unspecified atom stereocenters. The van der Waals surface area contributed by atoms with E-state index in [1.807, 2.05) is 0 Å². The van der Waals surface area contributed by atoms with Crippen LogP contribution in [0.3, 0.4) is 0 Å². The Morgan fingerprint density at radius 1 is 1.18 bits per heavy atom. The Hall–Kier alpha value is -1.02. The molecule has 0 radical (unpaired) electrons. The van der Waals surface area contributed by atoms with E-state index in [1.165, 1.54) is 37.1 Å². The van der Waals surface area contributed by atoms with Crippen LogP contribution in [0.1, 0.15) is 37.4 Å². The van der Waals surface area contributed by atoms with Crippen molar-refractivity contribution >= 4 is 5.69 Å². The summed E-state index contributed by atoms with van der Waals surface area (Å²) < 4.78 is 0. The Balaban J connectivity index is 1.84. The number of hydrogen-bond donors (Lipinski definition) is 1. The highest BCUT2D eigenvalue weighted by Gasteiger charge is 2.34. The molecular formula is C15H22N2. The van der Waals surface area contributed by atoms with Gasteiger partial charge >= 0.3 is 0 Å². The topological polar surface area (TPSA) is 29.3 Å². The first kappa shape index (κ1) is 11.1. The monoisotopic (exact) mass is 230 g/mol. The Labute approximate surface area is 104 Å². The van der Waals surface area contributed by atoms with Gasteiger partial charge in [0.15, 0.2) is 0 Å². The first-order valence-corrected chi connectivity index (χ1v) is 6.77. The molecule has 3 rings (SSSR count). The number of nitrogen functional groups attached to an aromatic ring is 1. The van der Waals surface area contributed by atoms with Crippen LogP contribution in [0.25, 0.3) is 0 Å². The van der Waals surface area contributed by atoms with Crippen molar-refractivity contribution in [3.63, 3.8) is 0 Å². The van der Waals surface area contributed by atoms with Gasteiger partial charge in [0.25, 0.3) is 0 Å². The molecule has 2 nitrogen and oxygen atoms in total. The SMILES string of the molecule is CC1CN(C2CCc3cc(N)ccc32)CC1C. The molecule has 1 aromatic carbocycles. The van der Waals surface area contributed by atoms with Gasteiger partial charge in [0.1, 0.15) is 0 Å². The average Bonchev–Trinajstić information content (AvgIpc) is 2.83. The first-order valence-electron chi connectivity index (χ1n) is 6.77. The Bertz CT molecular complexity index is 417. The second kappa shape index (κ2) is 4.02. The zero-order chi connectivity index (χ0) is 12.0. The molecule has 0 bridgehead atoms. The van der Waals surface area contributed by atoms with Gasteiger partial charge in [-0.05, 0) is 47.9 Å². The van der Waals surface area contributed by atoms with E-state index in [0.717, 1.165) is 17.5 Å². The predicted molar refractivity (Wildman–Crippen MR) is 71.8 cm³/mol. The molecule has 2 N–H and O–H groups in total. The highest BCUT2D eigenvalue weighted by Crippen LogP contribution is 2.40. The molecule has 0 saturated carbocycles. The zero-order valence-corrected chi connectivity index (χ0v) is 10.8. The number of anilines is 1. The minimum absolute atomic E-state index is 0.651. The second-order valence-electron chi connectivity index (χ2n) is 5.92. The lowest BCUT2D eigenvalue weighted by atomic mass is 10.0. The van der Waals surface area contributed by atoms with Gasteiger partial charge in [-0.15, -0.1) is 0 Å². The van der Waals surface area contributed by atoms with E-state index < -0.39 is 0 Å². The minimum Gasteiger partial charge on any atom is -0.399 e. The largest absolute Gasteiger partial charge is 0.399 e. The summed E-state index contributed by atoms with van der Waals surface area (Å²) in [6, 6.07) is 7.12. The summed E-state index contributed by atoms with van der Waals surface area (Å²) >= 11 is 0. The van der Waals surface area contributed by atoms with E-state index in [0.29, 0.717) is 6.04 Å². The second-order valence-corrected chi connectivity index (χ2v) is 5.92. The first-order chi connectivity index (χ1) is 8.15. The van der Waals surface area contributed by atoms with Crippen molar-refractivity contribution < 1.29 is 0 Å². The summed E-state index contributed by atoms with van der Waals surface area (Å²) in [4.78, 5) is 2.68. The maximum atomic E-state index is 5.86. The number of benzene rings is 1. The number of fused-ring (bicyclic) bond motifs is 1. The van der Waals surface area contributed by atoms with Crippen molar-refractivity contribution in [2.45, 2.75) is 32.7 Å². The summed E-state index contributed by atoms with van der Waals surface area (Å²) in [5.74, 6) is 1.68. The lowest BCUT2D eigenvalue weighted by Crippen LogP contribution is -2.25. The van der Waals surface area contributed by atoms with Crippen LogP contribution in [0, 0.1) is 11.8 Å². The smallest absolute Gasteiger partial charge is 0.0354 e. The molecule has 3 atom stereocenters. The molecule has 2 aliphatic rings. The van der Waals surface area contributed by atoms with Crippen LogP contribution in [-0.2, 0) is 6.42 Å². The van der Waals surface area contributed by atoms with Crippen LogP contribution in [0.4, 0.5) is 5.69 Å². The van der Waals surface area contributed by atoms with Crippen molar-refractivity contribution in [1.82, 2.24) is 4.90 Å². The molecule has 0 aromatic heterocycles. The fourth-order valence-electron chi connectivity index (χ4n) is 3.42. The molecule has 1 aliphatic heterocycles. The highest BCUT2D eigenvalue weighted by atomic mass is 15.2. The molecule has 1 saturated heterocycles. The quantitative estimate of drug-likeness (QED) is 0.752. The van der Waals surface area contributed by atoms with Crippen LogP contribution >= 0.6 is 0 Å². The standard InChI is InChI=1S/C15H22N2/c1-10-8-17(9-11(10)2)15-6-3-12-7-13(16)4-5-14(12)15/h4-5,7,10-11,15H,3,6,8-9,16H2,1-2H3. The van der Waals surface area contributed by atoms with Crippen molar-refractivity contribution in [3.8, 4) is 0 Å². The van der Waals surface area contributed by atoms with Crippen molar-refractivity contribution in [1.29, 1.82) is 0 Å². The number of rotatable bonds is 1. The van der Waals surface area contributed by atoms with Crippen LogP contribution in [0.2, 0.25) is 0 Å². The number of aryl methyl sites for hydroxylation is 1. The lowest BCUT2D eigenvalue weighted by molar-refractivity contribution is 0.234. The summed E-state index contributed by atoms with van der Waals surface area (Å²) in [7, 11) is 0. The highest BCUT2D eigenvalue weighted by molar-refractivity contribution is 5.47. The van der Waals surface area contributed by atoms with Crippen LogP contribution in [0.15, 0.2) is 18.2 Å². The fourth-order valence-corrected chi connectivity index (χ4v) is 3.42. The van der Waals surface area contributed by atoms with Gasteiger partial charge in [-0.1, -0.05) is 19.9 Å². The van der Waals surface area contributed by atoms with Crippen LogP contribution in [0.5, 0.6) is 0 Å². The van der Waals surface area contributed by atoms with E-state index in [4.69, 9.17) is 5.73 Å². The molecule has 1 aliphatic carbocycles. The third-order valence-electron chi connectivity index (χ3n) is 4.67. The van der Waals surface area contributed by atoms with E-state index in [9.17, 15) is 0 Å². The molecule has 2 heteroatoms. The molecule has 0 amide bonds. The number of nitrogens with two attached hydrogens (primary N) is 1. The molecule has 92 valence electrons. The maximum absolute atomic E-state index is 5.86. The van der Waals surface area contributed by atoms with Crippen LogP contribution < -0.4 is 5.73 Å². The van der Waals surface area contributed by atoms with Gasteiger partial charge in [-0.2, -0.15) is 0 Å². The maximum Gasteiger partial charge on any atom is 0.0354 e. The average molecular weight is 230 g/mol. The third kappa shape index (κ3) is 1.85. The fraction of sp³-hybridized carbons (Fsp3) is 0.600. The molecule has 1 heterocycles. The normalized spacial score (nSPS) is 32.9. The Morgan fingerprint density at radius 3 is 2.59 bits per heavy atom. The molecule has 1 fully saturated rings. The van der Waals surface area contributed by atoms with Gasteiger partial charge in [-0.3, -0.25) is 4.90 Å². The van der Waals surface area contributed by atoms with Crippen molar-refractivity contribution in [3.05, 3.63) is 29.3 Å². The molecule has 17 heavy (non-hydrogen) atoms. The summed E-state index contributed by atoms with van der Waals surface area (Å²) in [5.41, 5.74) is 9.77. The predicted octanol–water partition coefficient (Wildman–Crippen LogP) is 2.84. The minimum atomic E-state index is 0.651.